The highest BCUT2D eigenvalue weighted by Gasteiger charge is 2.05. The van der Waals surface area contributed by atoms with Gasteiger partial charge in [-0.25, -0.2) is 14.1 Å². The molecule has 0 bridgehead atoms. The second-order valence-electron chi connectivity index (χ2n) is 4.81. The highest BCUT2D eigenvalue weighted by molar-refractivity contribution is 5.85. The fraction of sp³-hybridized carbons (Fsp3) is 0.267. The summed E-state index contributed by atoms with van der Waals surface area (Å²) in [5.74, 6) is 1.26. The van der Waals surface area contributed by atoms with Crippen molar-refractivity contribution in [1.82, 2.24) is 25.3 Å². The van der Waals surface area contributed by atoms with E-state index in [1.165, 1.54) is 12.1 Å². The lowest BCUT2D eigenvalue weighted by Gasteiger charge is -1.99. The standard InChI is InChI=1S/C15H16FN5O.2ClH/c1-2-15-18-9-14(22-15)8-17-7-12-10-21(20-19-12)13-5-3-11(16)4-6-13;;/h3-6,9-10,17H,2,7-8H2,1H3;2*1H. The molecule has 2 aromatic heterocycles. The largest absolute Gasteiger partial charge is 0.444 e. The monoisotopic (exact) mass is 373 g/mol. The first-order valence-electron chi connectivity index (χ1n) is 7.06. The molecule has 0 saturated carbocycles. The Morgan fingerprint density at radius 2 is 1.92 bits per heavy atom. The lowest BCUT2D eigenvalue weighted by molar-refractivity contribution is 0.442. The van der Waals surface area contributed by atoms with Crippen molar-refractivity contribution in [3.05, 3.63) is 59.8 Å². The van der Waals surface area contributed by atoms with Crippen molar-refractivity contribution < 1.29 is 8.81 Å². The Morgan fingerprint density at radius 1 is 1.17 bits per heavy atom. The van der Waals surface area contributed by atoms with Gasteiger partial charge in [0.1, 0.15) is 11.6 Å². The third kappa shape index (κ3) is 5.02. The molecule has 0 atom stereocenters. The summed E-state index contributed by atoms with van der Waals surface area (Å²) in [6.45, 7) is 3.14. The molecular formula is C15H18Cl2FN5O. The molecule has 0 aliphatic heterocycles. The van der Waals surface area contributed by atoms with Crippen LogP contribution in [0, 0.1) is 5.82 Å². The van der Waals surface area contributed by atoms with E-state index in [-0.39, 0.29) is 30.6 Å². The highest BCUT2D eigenvalue weighted by atomic mass is 35.5. The van der Waals surface area contributed by atoms with Gasteiger partial charge in [-0.3, -0.25) is 0 Å². The van der Waals surface area contributed by atoms with Crippen LogP contribution in [0.2, 0.25) is 0 Å². The Labute approximate surface area is 151 Å². The van der Waals surface area contributed by atoms with E-state index in [0.717, 1.165) is 29.5 Å². The molecule has 130 valence electrons. The molecular weight excluding hydrogens is 356 g/mol. The van der Waals surface area contributed by atoms with Crippen molar-refractivity contribution in [2.24, 2.45) is 0 Å². The number of hydrogen-bond acceptors (Lipinski definition) is 5. The van der Waals surface area contributed by atoms with Crippen LogP contribution in [0.25, 0.3) is 5.69 Å². The molecule has 0 unspecified atom stereocenters. The third-order valence-corrected chi connectivity index (χ3v) is 3.14. The Balaban J connectivity index is 0.00000144. The highest BCUT2D eigenvalue weighted by Crippen LogP contribution is 2.08. The predicted molar refractivity (Wildman–Crippen MR) is 92.2 cm³/mol. The van der Waals surface area contributed by atoms with E-state index in [1.807, 2.05) is 6.92 Å². The maximum absolute atomic E-state index is 12.9. The first-order valence-corrected chi connectivity index (χ1v) is 7.06. The van der Waals surface area contributed by atoms with Crippen LogP contribution in [0.3, 0.4) is 0 Å². The number of halogens is 3. The van der Waals surface area contributed by atoms with Gasteiger partial charge < -0.3 is 9.73 Å². The van der Waals surface area contributed by atoms with Crippen LogP contribution in [0.4, 0.5) is 4.39 Å². The van der Waals surface area contributed by atoms with Crippen LogP contribution < -0.4 is 5.32 Å². The number of aromatic nitrogens is 4. The average Bonchev–Trinajstić information content (AvgIpc) is 3.17. The molecule has 1 N–H and O–H groups in total. The Kier molecular flexibility index (Phi) is 7.84. The van der Waals surface area contributed by atoms with Crippen molar-refractivity contribution in [3.8, 4) is 5.69 Å². The minimum Gasteiger partial charge on any atom is -0.444 e. The molecule has 0 fully saturated rings. The van der Waals surface area contributed by atoms with Crippen molar-refractivity contribution in [1.29, 1.82) is 0 Å². The van der Waals surface area contributed by atoms with E-state index in [1.54, 1.807) is 29.2 Å². The van der Waals surface area contributed by atoms with E-state index in [9.17, 15) is 4.39 Å². The van der Waals surface area contributed by atoms with Crippen LogP contribution in [0.5, 0.6) is 0 Å². The van der Waals surface area contributed by atoms with Crippen molar-refractivity contribution in [3.63, 3.8) is 0 Å². The number of benzene rings is 1. The van der Waals surface area contributed by atoms with Crippen molar-refractivity contribution in [2.75, 3.05) is 0 Å². The first kappa shape index (κ1) is 20.1. The van der Waals surface area contributed by atoms with Gasteiger partial charge in [0, 0.05) is 13.0 Å². The number of aryl methyl sites for hydroxylation is 1. The van der Waals surface area contributed by atoms with Gasteiger partial charge >= 0.3 is 0 Å². The maximum atomic E-state index is 12.9. The number of oxazole rings is 1. The zero-order chi connectivity index (χ0) is 15.4. The average molecular weight is 374 g/mol. The number of rotatable bonds is 6. The second kappa shape index (κ2) is 9.36. The molecule has 0 aliphatic rings. The summed E-state index contributed by atoms with van der Waals surface area (Å²) in [5, 5.41) is 11.3. The normalized spacial score (nSPS) is 10.1. The maximum Gasteiger partial charge on any atom is 0.194 e. The summed E-state index contributed by atoms with van der Waals surface area (Å²) in [5.41, 5.74) is 1.56. The van der Waals surface area contributed by atoms with Gasteiger partial charge in [-0.15, -0.1) is 29.9 Å². The van der Waals surface area contributed by atoms with E-state index < -0.39 is 0 Å². The van der Waals surface area contributed by atoms with Crippen LogP contribution in [0.15, 0.2) is 41.1 Å². The Hall–Kier alpha value is -1.96. The summed E-state index contributed by atoms with van der Waals surface area (Å²) in [6, 6.07) is 6.10. The first-order chi connectivity index (χ1) is 10.7. The van der Waals surface area contributed by atoms with Crippen molar-refractivity contribution in [2.45, 2.75) is 26.4 Å². The van der Waals surface area contributed by atoms with Crippen LogP contribution in [-0.4, -0.2) is 20.0 Å². The minimum absolute atomic E-state index is 0. The smallest absolute Gasteiger partial charge is 0.194 e. The van der Waals surface area contributed by atoms with E-state index >= 15 is 0 Å². The molecule has 0 saturated heterocycles. The van der Waals surface area contributed by atoms with Gasteiger partial charge in [0.2, 0.25) is 0 Å². The summed E-state index contributed by atoms with van der Waals surface area (Å²) in [4.78, 5) is 4.14. The number of hydrogen-bond donors (Lipinski definition) is 1. The number of nitrogens with zero attached hydrogens (tertiary/aromatic N) is 4. The van der Waals surface area contributed by atoms with Gasteiger partial charge in [0.05, 0.1) is 30.3 Å². The van der Waals surface area contributed by atoms with Gasteiger partial charge in [-0.2, -0.15) is 0 Å². The summed E-state index contributed by atoms with van der Waals surface area (Å²) < 4.78 is 20.0. The molecule has 3 aromatic rings. The molecule has 0 amide bonds. The SMILES string of the molecule is CCc1ncc(CNCc2cn(-c3ccc(F)cc3)nn2)o1.Cl.Cl. The predicted octanol–water partition coefficient (Wildman–Crippen LogP) is 3.09. The molecule has 3 rings (SSSR count). The molecule has 1 aromatic carbocycles. The minimum atomic E-state index is -0.274. The van der Waals surface area contributed by atoms with Crippen LogP contribution in [0.1, 0.15) is 24.3 Å². The third-order valence-electron chi connectivity index (χ3n) is 3.14. The molecule has 2 heterocycles. The summed E-state index contributed by atoms with van der Waals surface area (Å²) in [7, 11) is 0. The summed E-state index contributed by atoms with van der Waals surface area (Å²) in [6.07, 6.45) is 4.31. The van der Waals surface area contributed by atoms with E-state index in [4.69, 9.17) is 4.42 Å². The van der Waals surface area contributed by atoms with Crippen LogP contribution in [-0.2, 0) is 19.5 Å². The van der Waals surface area contributed by atoms with Crippen LogP contribution >= 0.6 is 24.8 Å². The molecule has 6 nitrogen and oxygen atoms in total. The van der Waals surface area contributed by atoms with Gasteiger partial charge in [0.15, 0.2) is 5.89 Å². The quantitative estimate of drug-likeness (QED) is 0.718. The Bertz CT molecular complexity index is 744. The Morgan fingerprint density at radius 3 is 2.58 bits per heavy atom. The van der Waals surface area contributed by atoms with Gasteiger partial charge in [-0.1, -0.05) is 12.1 Å². The lowest BCUT2D eigenvalue weighted by Crippen LogP contribution is -2.12. The molecule has 0 aliphatic carbocycles. The molecule has 24 heavy (non-hydrogen) atoms. The topological polar surface area (TPSA) is 68.8 Å². The molecule has 0 spiro atoms. The number of nitrogens with one attached hydrogen (secondary N) is 1. The molecule has 9 heteroatoms. The summed E-state index contributed by atoms with van der Waals surface area (Å²) >= 11 is 0. The van der Waals surface area contributed by atoms with E-state index in [0.29, 0.717) is 13.1 Å². The molecule has 0 radical (unpaired) electrons. The second-order valence-corrected chi connectivity index (χ2v) is 4.81. The fourth-order valence-electron chi connectivity index (χ4n) is 2.01. The lowest BCUT2D eigenvalue weighted by atomic mass is 10.3. The van der Waals surface area contributed by atoms with E-state index in [2.05, 4.69) is 20.6 Å². The fourth-order valence-corrected chi connectivity index (χ4v) is 2.01. The van der Waals surface area contributed by atoms with Gasteiger partial charge in [-0.05, 0) is 24.3 Å². The zero-order valence-electron chi connectivity index (χ0n) is 13.0. The zero-order valence-corrected chi connectivity index (χ0v) is 14.6. The van der Waals surface area contributed by atoms with Crippen molar-refractivity contribution >= 4 is 24.8 Å². The van der Waals surface area contributed by atoms with Gasteiger partial charge in [0.25, 0.3) is 0 Å².